The summed E-state index contributed by atoms with van der Waals surface area (Å²) < 4.78 is 10.3. The quantitative estimate of drug-likeness (QED) is 0.536. The number of rotatable bonds is 1. The van der Waals surface area contributed by atoms with E-state index < -0.39 is 0 Å². The van der Waals surface area contributed by atoms with Crippen LogP contribution < -0.4 is 5.32 Å². The highest BCUT2D eigenvalue weighted by Crippen LogP contribution is 2.10. The van der Waals surface area contributed by atoms with Crippen molar-refractivity contribution in [1.29, 1.82) is 0 Å². The monoisotopic (exact) mass is 141 g/mol. The summed E-state index contributed by atoms with van der Waals surface area (Å²) in [4.78, 5) is 4.09. The topological polar surface area (TPSA) is 42.8 Å². The minimum atomic E-state index is 0.637. The molecule has 0 spiro atoms. The molecule has 0 atom stereocenters. The van der Waals surface area contributed by atoms with Gasteiger partial charge in [-0.2, -0.15) is 0 Å². The van der Waals surface area contributed by atoms with Crippen molar-refractivity contribution >= 4 is 5.90 Å². The molecular formula is C6H9N2O2. The molecule has 10 heavy (non-hydrogen) atoms. The Morgan fingerprint density at radius 2 is 2.30 bits per heavy atom. The number of nitrogens with one attached hydrogen (secondary N) is 1. The average Bonchev–Trinajstić information content (AvgIpc) is 2.59. The average molecular weight is 141 g/mol. The van der Waals surface area contributed by atoms with Gasteiger partial charge >= 0.3 is 0 Å². The molecule has 1 fully saturated rings. The minimum Gasteiger partial charge on any atom is -0.476 e. The van der Waals surface area contributed by atoms with Gasteiger partial charge in [0.25, 0.3) is 0 Å². The first-order valence-electron chi connectivity index (χ1n) is 3.38. The van der Waals surface area contributed by atoms with Crippen LogP contribution in [0.15, 0.2) is 4.99 Å². The van der Waals surface area contributed by atoms with Crippen molar-refractivity contribution in [3.8, 4) is 0 Å². The maximum atomic E-state index is 5.19. The molecule has 0 amide bonds. The van der Waals surface area contributed by atoms with Gasteiger partial charge < -0.3 is 9.47 Å². The van der Waals surface area contributed by atoms with Gasteiger partial charge in [0.15, 0.2) is 0 Å². The molecule has 0 bridgehead atoms. The predicted molar refractivity (Wildman–Crippen MR) is 35.5 cm³/mol. The Balaban J connectivity index is 1.97. The second-order valence-corrected chi connectivity index (χ2v) is 2.14. The highest BCUT2D eigenvalue weighted by atomic mass is 16.6. The third kappa shape index (κ3) is 0.998. The van der Waals surface area contributed by atoms with E-state index in [0.717, 1.165) is 19.7 Å². The van der Waals surface area contributed by atoms with Gasteiger partial charge in [0.2, 0.25) is 12.1 Å². The summed E-state index contributed by atoms with van der Waals surface area (Å²) in [6.45, 7) is 3.02. The molecule has 4 heteroatoms. The highest BCUT2D eigenvalue weighted by molar-refractivity contribution is 5.88. The van der Waals surface area contributed by atoms with Gasteiger partial charge in [-0.05, 0) is 0 Å². The zero-order chi connectivity index (χ0) is 6.81. The fourth-order valence-electron chi connectivity index (χ4n) is 0.979. The van der Waals surface area contributed by atoms with Crippen LogP contribution in [0.25, 0.3) is 0 Å². The minimum absolute atomic E-state index is 0.637. The van der Waals surface area contributed by atoms with E-state index in [0.29, 0.717) is 18.7 Å². The lowest BCUT2D eigenvalue weighted by Crippen LogP contribution is -2.23. The first kappa shape index (κ1) is 6.12. The van der Waals surface area contributed by atoms with E-state index in [1.165, 1.54) is 0 Å². The van der Waals surface area contributed by atoms with Crippen LogP contribution in [0.3, 0.4) is 0 Å². The Morgan fingerprint density at radius 3 is 2.90 bits per heavy atom. The summed E-state index contributed by atoms with van der Waals surface area (Å²) in [7, 11) is 0. The van der Waals surface area contributed by atoms with Gasteiger partial charge in [0.1, 0.15) is 6.61 Å². The van der Waals surface area contributed by atoms with Crippen LogP contribution in [0.2, 0.25) is 0 Å². The van der Waals surface area contributed by atoms with Crippen LogP contribution in [0.5, 0.6) is 0 Å². The Morgan fingerprint density at radius 1 is 1.30 bits per heavy atom. The number of ether oxygens (including phenoxy) is 2. The molecule has 2 rings (SSSR count). The maximum absolute atomic E-state index is 5.19. The SMILES string of the molecule is C1COC([C]2NCCO2)=N1. The highest BCUT2D eigenvalue weighted by Gasteiger charge is 2.26. The van der Waals surface area contributed by atoms with E-state index in [-0.39, 0.29) is 0 Å². The lowest BCUT2D eigenvalue weighted by atomic mass is 10.5. The second-order valence-electron chi connectivity index (χ2n) is 2.14. The molecule has 55 valence electrons. The fourth-order valence-corrected chi connectivity index (χ4v) is 0.979. The molecule has 4 nitrogen and oxygen atoms in total. The van der Waals surface area contributed by atoms with E-state index in [1.807, 2.05) is 0 Å². The first-order valence-corrected chi connectivity index (χ1v) is 3.38. The van der Waals surface area contributed by atoms with Crippen LogP contribution in [0.1, 0.15) is 0 Å². The molecule has 2 aliphatic heterocycles. The third-order valence-electron chi connectivity index (χ3n) is 1.41. The molecule has 0 aromatic carbocycles. The van der Waals surface area contributed by atoms with Gasteiger partial charge in [-0.25, -0.2) is 4.99 Å². The molecule has 2 heterocycles. The molecular weight excluding hydrogens is 132 g/mol. The number of hydrogen-bond acceptors (Lipinski definition) is 4. The molecule has 0 unspecified atom stereocenters. The van der Waals surface area contributed by atoms with Gasteiger partial charge in [-0.15, -0.1) is 0 Å². The zero-order valence-corrected chi connectivity index (χ0v) is 5.59. The summed E-state index contributed by atoms with van der Waals surface area (Å²) in [5.41, 5.74) is 0. The van der Waals surface area contributed by atoms with Crippen LogP contribution in [0.4, 0.5) is 0 Å². The van der Waals surface area contributed by atoms with Crippen molar-refractivity contribution < 1.29 is 9.47 Å². The van der Waals surface area contributed by atoms with Crippen LogP contribution in [-0.4, -0.2) is 32.2 Å². The predicted octanol–water partition coefficient (Wildman–Crippen LogP) is -0.476. The first-order chi connectivity index (χ1) is 4.97. The van der Waals surface area contributed by atoms with Gasteiger partial charge in [0.05, 0.1) is 13.2 Å². The molecule has 0 aliphatic carbocycles. The van der Waals surface area contributed by atoms with Crippen molar-refractivity contribution in [2.45, 2.75) is 0 Å². The Hall–Kier alpha value is -0.610. The number of nitrogens with zero attached hydrogens (tertiary/aromatic N) is 1. The molecule has 1 saturated heterocycles. The third-order valence-corrected chi connectivity index (χ3v) is 1.41. The smallest absolute Gasteiger partial charge is 0.249 e. The lowest BCUT2D eigenvalue weighted by molar-refractivity contribution is 0.204. The van der Waals surface area contributed by atoms with Crippen LogP contribution >= 0.6 is 0 Å². The van der Waals surface area contributed by atoms with Gasteiger partial charge in [-0.3, -0.25) is 5.32 Å². The summed E-state index contributed by atoms with van der Waals surface area (Å²) in [6.07, 6.45) is 0.706. The summed E-state index contributed by atoms with van der Waals surface area (Å²) in [5.74, 6) is 0.637. The summed E-state index contributed by atoms with van der Waals surface area (Å²) in [5, 5.41) is 3.04. The summed E-state index contributed by atoms with van der Waals surface area (Å²) in [6, 6.07) is 0. The van der Waals surface area contributed by atoms with E-state index in [1.54, 1.807) is 0 Å². The fraction of sp³-hybridized carbons (Fsp3) is 0.667. The lowest BCUT2D eigenvalue weighted by Gasteiger charge is -2.05. The molecule has 2 aliphatic rings. The van der Waals surface area contributed by atoms with E-state index in [9.17, 15) is 0 Å². The molecule has 1 radical (unpaired) electrons. The molecule has 0 saturated carbocycles. The van der Waals surface area contributed by atoms with Gasteiger partial charge in [0, 0.05) is 6.54 Å². The summed E-state index contributed by atoms with van der Waals surface area (Å²) >= 11 is 0. The van der Waals surface area contributed by atoms with E-state index >= 15 is 0 Å². The van der Waals surface area contributed by atoms with E-state index in [4.69, 9.17) is 9.47 Å². The van der Waals surface area contributed by atoms with E-state index in [2.05, 4.69) is 10.3 Å². The zero-order valence-electron chi connectivity index (χ0n) is 5.59. The maximum Gasteiger partial charge on any atom is 0.249 e. The Kier molecular flexibility index (Phi) is 1.56. The largest absolute Gasteiger partial charge is 0.476 e. The van der Waals surface area contributed by atoms with Crippen molar-refractivity contribution in [1.82, 2.24) is 5.32 Å². The van der Waals surface area contributed by atoms with Crippen molar-refractivity contribution in [3.05, 3.63) is 6.23 Å². The number of hydrogen-bond donors (Lipinski definition) is 1. The Labute approximate surface area is 59.2 Å². The Bertz CT molecular complexity index is 152. The molecule has 1 N–H and O–H groups in total. The molecule has 0 aromatic heterocycles. The van der Waals surface area contributed by atoms with Crippen molar-refractivity contribution in [2.24, 2.45) is 4.99 Å². The standard InChI is InChI=1S/C6H9N2O2/c1-3-9-5(7-1)6-8-2-4-10-6/h7H,1-4H2. The van der Waals surface area contributed by atoms with Crippen LogP contribution in [-0.2, 0) is 9.47 Å². The van der Waals surface area contributed by atoms with Crippen molar-refractivity contribution in [3.63, 3.8) is 0 Å². The normalized spacial score (nSPS) is 26.6. The molecule has 0 aromatic rings. The van der Waals surface area contributed by atoms with Gasteiger partial charge in [-0.1, -0.05) is 0 Å². The number of aliphatic imine (C=N–C) groups is 1. The van der Waals surface area contributed by atoms with Crippen molar-refractivity contribution in [2.75, 3.05) is 26.3 Å². The second kappa shape index (κ2) is 2.56. The van der Waals surface area contributed by atoms with Crippen LogP contribution in [0, 0.1) is 6.23 Å².